The molecule has 2 aromatic heterocycles. The number of benzene rings is 5. The number of hydrogen-bond donors (Lipinski definition) is 0. The van der Waals surface area contributed by atoms with Crippen molar-refractivity contribution >= 4 is 66.7 Å². The first-order valence-electron chi connectivity index (χ1n) is 17.0. The van der Waals surface area contributed by atoms with E-state index in [1.807, 2.05) is 0 Å². The molecule has 11 rings (SSSR count). The molecular weight excluding hydrogens is 531 g/mol. The summed E-state index contributed by atoms with van der Waals surface area (Å²) in [4.78, 5) is 0. The van der Waals surface area contributed by atoms with Crippen molar-refractivity contribution < 1.29 is 0 Å². The average Bonchev–Trinajstić information content (AvgIpc) is 3.60. The fourth-order valence-electron chi connectivity index (χ4n) is 10.4. The predicted octanol–water partition coefficient (Wildman–Crippen LogP) is 8.63. The Kier molecular flexibility index (Phi) is 4.65. The second-order valence-electron chi connectivity index (χ2n) is 14.4. The molecule has 4 aliphatic rings. The van der Waals surface area contributed by atoms with Gasteiger partial charge in [0.1, 0.15) is 0 Å². The molecule has 2 aliphatic heterocycles. The highest BCUT2D eigenvalue weighted by Gasteiger charge is 2.42. The van der Waals surface area contributed by atoms with Crippen molar-refractivity contribution in [3.05, 3.63) is 103 Å². The Balaban J connectivity index is 1.24. The summed E-state index contributed by atoms with van der Waals surface area (Å²) in [7, 11) is 0. The zero-order valence-electron chi connectivity index (χ0n) is 25.2. The van der Waals surface area contributed by atoms with Crippen LogP contribution in [0.4, 0.5) is 0 Å². The van der Waals surface area contributed by atoms with Crippen molar-refractivity contribution in [2.24, 2.45) is 5.41 Å². The largest absolute Gasteiger partial charge is 0.310 e. The maximum Gasteiger partial charge on any atom is 0.252 e. The Morgan fingerprint density at radius 1 is 0.545 bits per heavy atom. The number of rotatable bonds is 1. The van der Waals surface area contributed by atoms with Gasteiger partial charge in [-0.05, 0) is 96.1 Å². The molecule has 2 saturated carbocycles. The van der Waals surface area contributed by atoms with Crippen molar-refractivity contribution in [3.63, 3.8) is 0 Å². The molecule has 0 amide bonds. The molecule has 0 unspecified atom stereocenters. The molecule has 0 saturated heterocycles. The summed E-state index contributed by atoms with van der Waals surface area (Å²) >= 11 is 0. The van der Waals surface area contributed by atoms with E-state index in [0.29, 0.717) is 11.3 Å². The molecule has 3 heteroatoms. The van der Waals surface area contributed by atoms with Gasteiger partial charge >= 0.3 is 0 Å². The second-order valence-corrected chi connectivity index (χ2v) is 14.4. The fraction of sp³-hybridized carbons (Fsp3) is 0.268. The monoisotopic (exact) mass is 566 g/mol. The Bertz CT molecular complexity index is 2190. The smallest absolute Gasteiger partial charge is 0.252 e. The van der Waals surface area contributed by atoms with Crippen LogP contribution in [0.15, 0.2) is 97.1 Å². The lowest BCUT2D eigenvalue weighted by Crippen LogP contribution is -2.59. The van der Waals surface area contributed by atoms with Crippen molar-refractivity contribution in [3.8, 4) is 11.4 Å². The molecule has 0 radical (unpaired) electrons. The lowest BCUT2D eigenvalue weighted by atomic mass is 9.34. The minimum absolute atomic E-state index is 0.229. The summed E-state index contributed by atoms with van der Waals surface area (Å²) < 4.78 is 5.28. The van der Waals surface area contributed by atoms with Crippen LogP contribution >= 0.6 is 0 Å². The zero-order chi connectivity index (χ0) is 28.6. The Morgan fingerprint density at radius 3 is 1.64 bits per heavy atom. The van der Waals surface area contributed by atoms with E-state index in [0.717, 1.165) is 0 Å². The van der Waals surface area contributed by atoms with E-state index in [-0.39, 0.29) is 6.71 Å². The maximum absolute atomic E-state index is 2.64. The summed E-state index contributed by atoms with van der Waals surface area (Å²) in [6.07, 6.45) is 12.7. The summed E-state index contributed by atoms with van der Waals surface area (Å²) in [5.74, 6) is 0.631. The molecule has 1 spiro atoms. The first-order chi connectivity index (χ1) is 21.8. The van der Waals surface area contributed by atoms with E-state index in [1.165, 1.54) is 129 Å². The van der Waals surface area contributed by atoms with Gasteiger partial charge in [-0.15, -0.1) is 0 Å². The molecule has 7 aromatic rings. The molecule has 0 bridgehead atoms. The number of nitrogens with zero attached hydrogens (tertiary/aromatic N) is 2. The fourth-order valence-corrected chi connectivity index (χ4v) is 10.4. The van der Waals surface area contributed by atoms with E-state index >= 15 is 0 Å². The predicted molar refractivity (Wildman–Crippen MR) is 187 cm³/mol. The van der Waals surface area contributed by atoms with Crippen molar-refractivity contribution in [2.45, 2.75) is 63.7 Å². The molecule has 44 heavy (non-hydrogen) atoms. The van der Waals surface area contributed by atoms with Crippen molar-refractivity contribution in [1.29, 1.82) is 0 Å². The lowest BCUT2D eigenvalue weighted by Gasteiger charge is -2.43. The molecule has 212 valence electrons. The first-order valence-corrected chi connectivity index (χ1v) is 17.0. The Morgan fingerprint density at radius 2 is 1.07 bits per heavy atom. The summed E-state index contributed by atoms with van der Waals surface area (Å²) in [5.41, 5.74) is 14.8. The van der Waals surface area contributed by atoms with Crippen LogP contribution in [0.2, 0.25) is 0 Å². The number of aromatic nitrogens is 2. The maximum atomic E-state index is 2.64. The van der Waals surface area contributed by atoms with Gasteiger partial charge in [-0.2, -0.15) is 0 Å². The highest BCUT2D eigenvalue weighted by atomic mass is 15.0. The van der Waals surface area contributed by atoms with Crippen LogP contribution in [0.5, 0.6) is 0 Å². The van der Waals surface area contributed by atoms with Crippen LogP contribution in [-0.2, 0) is 0 Å². The van der Waals surface area contributed by atoms with E-state index < -0.39 is 0 Å². The normalized spacial score (nSPS) is 18.6. The SMILES string of the molecule is c1ccc2c(c1)c1cccc3c1n2-c1cc(C2CCC4(CCCCC4)CC2)cc2c1B3c1cccc3c4ccccc4n-2c13. The molecular formula is C41H35BN2. The number of fused-ring (bicyclic) bond motifs is 10. The average molecular weight is 567 g/mol. The lowest BCUT2D eigenvalue weighted by molar-refractivity contribution is 0.114. The van der Waals surface area contributed by atoms with Gasteiger partial charge in [0.15, 0.2) is 0 Å². The van der Waals surface area contributed by atoms with Crippen molar-refractivity contribution in [2.75, 3.05) is 0 Å². The molecule has 4 heterocycles. The van der Waals surface area contributed by atoms with Gasteiger partial charge in [-0.25, -0.2) is 0 Å². The van der Waals surface area contributed by atoms with Crippen LogP contribution in [0, 0.1) is 5.41 Å². The third-order valence-electron chi connectivity index (χ3n) is 12.4. The third kappa shape index (κ3) is 2.94. The number of hydrogen-bond acceptors (Lipinski definition) is 0. The van der Waals surface area contributed by atoms with Gasteiger partial charge in [0.2, 0.25) is 0 Å². The number of para-hydroxylation sites is 4. The third-order valence-corrected chi connectivity index (χ3v) is 12.4. The minimum atomic E-state index is 0.229. The summed E-state index contributed by atoms with van der Waals surface area (Å²) in [6, 6.07) is 37.5. The minimum Gasteiger partial charge on any atom is -0.310 e. The molecule has 0 N–H and O–H groups in total. The van der Waals surface area contributed by atoms with Crippen LogP contribution in [0.3, 0.4) is 0 Å². The topological polar surface area (TPSA) is 9.86 Å². The quantitative estimate of drug-likeness (QED) is 0.176. The molecule has 2 nitrogen and oxygen atoms in total. The second kappa shape index (κ2) is 8.48. The van der Waals surface area contributed by atoms with Crippen LogP contribution in [0.1, 0.15) is 69.3 Å². The van der Waals surface area contributed by atoms with Gasteiger partial charge in [-0.1, -0.05) is 92.1 Å². The van der Waals surface area contributed by atoms with E-state index in [1.54, 1.807) is 5.56 Å². The van der Waals surface area contributed by atoms with E-state index in [4.69, 9.17) is 0 Å². The highest BCUT2D eigenvalue weighted by Crippen LogP contribution is 2.51. The Labute approximate surface area is 258 Å². The summed E-state index contributed by atoms with van der Waals surface area (Å²) in [5, 5.41) is 5.49. The zero-order valence-corrected chi connectivity index (χ0v) is 25.2. The standard InChI is InChI=1S/C41H35BN2/c1-6-20-41(21-7-1)22-18-26(19-23-41)27-24-36-38-37(25-27)44-35-17-5-3-11-29(35)31-13-9-15-33(40(31)44)42(38)32-14-8-12-30-28-10-2-4-16-34(28)43(36)39(30)32/h2-5,8-17,24-26H,1,6-7,18-23H2. The molecule has 2 aliphatic carbocycles. The van der Waals surface area contributed by atoms with Crippen LogP contribution in [-0.4, -0.2) is 15.8 Å². The molecule has 2 fully saturated rings. The first kappa shape index (κ1) is 24.1. The van der Waals surface area contributed by atoms with Crippen LogP contribution in [0.25, 0.3) is 55.0 Å². The van der Waals surface area contributed by atoms with Gasteiger partial charge < -0.3 is 9.13 Å². The summed E-state index contributed by atoms with van der Waals surface area (Å²) in [6.45, 7) is 0.229. The Hall–Kier alpha value is -4.24. The molecule has 0 atom stereocenters. The van der Waals surface area contributed by atoms with Gasteiger partial charge in [0.25, 0.3) is 6.71 Å². The molecule has 5 aromatic carbocycles. The van der Waals surface area contributed by atoms with Gasteiger partial charge in [-0.3, -0.25) is 0 Å². The van der Waals surface area contributed by atoms with Gasteiger partial charge in [0, 0.05) is 44.0 Å². The van der Waals surface area contributed by atoms with Gasteiger partial charge in [0.05, 0.1) is 11.0 Å². The highest BCUT2D eigenvalue weighted by molar-refractivity contribution is 7.00. The van der Waals surface area contributed by atoms with E-state index in [9.17, 15) is 0 Å². The van der Waals surface area contributed by atoms with Crippen LogP contribution < -0.4 is 16.4 Å². The van der Waals surface area contributed by atoms with E-state index in [2.05, 4.69) is 106 Å². The van der Waals surface area contributed by atoms with Crippen molar-refractivity contribution in [1.82, 2.24) is 9.13 Å².